The predicted molar refractivity (Wildman–Crippen MR) is 75.2 cm³/mol. The molecule has 5 heteroatoms. The molecule has 1 aliphatic carbocycles. The number of rotatable bonds is 2. The molecule has 4 nitrogen and oxygen atoms in total. The van der Waals surface area contributed by atoms with Gasteiger partial charge in [0.2, 0.25) is 0 Å². The minimum absolute atomic E-state index is 0.0221. The first-order valence-electron chi connectivity index (χ1n) is 7.24. The quantitative estimate of drug-likeness (QED) is 0.896. The van der Waals surface area contributed by atoms with Gasteiger partial charge in [-0.1, -0.05) is 18.2 Å². The van der Waals surface area contributed by atoms with Gasteiger partial charge in [-0.15, -0.1) is 0 Å². The van der Waals surface area contributed by atoms with Crippen LogP contribution in [0.15, 0.2) is 29.2 Å². The molecule has 3 aliphatic rings. The van der Waals surface area contributed by atoms with Crippen molar-refractivity contribution in [2.45, 2.75) is 41.7 Å². The molecule has 2 N–H and O–H groups in total. The van der Waals surface area contributed by atoms with E-state index in [-0.39, 0.29) is 17.8 Å². The van der Waals surface area contributed by atoms with Crippen LogP contribution in [0.3, 0.4) is 0 Å². The molecule has 1 saturated carbocycles. The third-order valence-electron chi connectivity index (χ3n) is 5.08. The van der Waals surface area contributed by atoms with Gasteiger partial charge in [0.15, 0.2) is 9.84 Å². The third-order valence-corrected chi connectivity index (χ3v) is 6.89. The van der Waals surface area contributed by atoms with Crippen molar-refractivity contribution >= 4 is 9.84 Å². The average Bonchev–Trinajstić information content (AvgIpc) is 3.13. The zero-order valence-corrected chi connectivity index (χ0v) is 12.1. The van der Waals surface area contributed by atoms with E-state index in [2.05, 4.69) is 0 Å². The first-order chi connectivity index (χ1) is 9.52. The molecule has 1 saturated heterocycles. The second kappa shape index (κ2) is 4.06. The highest BCUT2D eigenvalue weighted by molar-refractivity contribution is 7.91. The van der Waals surface area contributed by atoms with Crippen LogP contribution in [0.5, 0.6) is 0 Å². The Bertz CT molecular complexity index is 653. The summed E-state index contributed by atoms with van der Waals surface area (Å²) in [5, 5.41) is 0. The molecule has 2 heterocycles. The summed E-state index contributed by atoms with van der Waals surface area (Å²) in [6.07, 6.45) is 3.09. The third kappa shape index (κ3) is 1.70. The largest absolute Gasteiger partial charge is 0.376 e. The molecule has 20 heavy (non-hydrogen) atoms. The first-order valence-corrected chi connectivity index (χ1v) is 8.90. The summed E-state index contributed by atoms with van der Waals surface area (Å²) in [6, 6.07) is 7.31. The Morgan fingerprint density at radius 3 is 2.75 bits per heavy atom. The van der Waals surface area contributed by atoms with Gasteiger partial charge >= 0.3 is 0 Å². The van der Waals surface area contributed by atoms with Crippen molar-refractivity contribution in [3.8, 4) is 0 Å². The summed E-state index contributed by atoms with van der Waals surface area (Å²) in [5.41, 5.74) is 7.06. The molecule has 3 unspecified atom stereocenters. The lowest BCUT2D eigenvalue weighted by Gasteiger charge is -2.35. The monoisotopic (exact) mass is 293 g/mol. The highest BCUT2D eigenvalue weighted by Gasteiger charge is 2.56. The summed E-state index contributed by atoms with van der Waals surface area (Å²) in [6.45, 7) is 0.649. The van der Waals surface area contributed by atoms with E-state index in [1.54, 1.807) is 12.1 Å². The Morgan fingerprint density at radius 1 is 1.25 bits per heavy atom. The zero-order valence-electron chi connectivity index (χ0n) is 11.3. The fourth-order valence-electron chi connectivity index (χ4n) is 3.90. The topological polar surface area (TPSA) is 69.4 Å². The van der Waals surface area contributed by atoms with Crippen LogP contribution < -0.4 is 5.73 Å². The van der Waals surface area contributed by atoms with Crippen LogP contribution in [-0.4, -0.2) is 32.4 Å². The van der Waals surface area contributed by atoms with Crippen molar-refractivity contribution in [2.75, 3.05) is 12.4 Å². The second-order valence-electron chi connectivity index (χ2n) is 6.36. The van der Waals surface area contributed by atoms with Crippen molar-refractivity contribution in [3.05, 3.63) is 29.8 Å². The molecule has 0 aromatic heterocycles. The van der Waals surface area contributed by atoms with Crippen LogP contribution in [0, 0.1) is 5.92 Å². The van der Waals surface area contributed by atoms with Crippen LogP contribution in [0.1, 0.15) is 30.7 Å². The van der Waals surface area contributed by atoms with E-state index in [9.17, 15) is 8.42 Å². The Hall–Kier alpha value is -0.910. The van der Waals surface area contributed by atoms with Crippen molar-refractivity contribution in [1.29, 1.82) is 0 Å². The van der Waals surface area contributed by atoms with Gasteiger partial charge in [0, 0.05) is 12.5 Å². The molecule has 0 radical (unpaired) electrons. The summed E-state index contributed by atoms with van der Waals surface area (Å²) in [5.74, 6) is 0.532. The molecule has 1 aromatic rings. The Labute approximate surface area is 119 Å². The number of fused-ring (bicyclic) bond motifs is 1. The molecule has 1 aromatic carbocycles. The van der Waals surface area contributed by atoms with Gasteiger partial charge < -0.3 is 10.5 Å². The lowest BCUT2D eigenvalue weighted by Crippen LogP contribution is -2.53. The van der Waals surface area contributed by atoms with E-state index in [1.165, 1.54) is 0 Å². The van der Waals surface area contributed by atoms with Gasteiger partial charge in [-0.05, 0) is 36.8 Å². The smallest absolute Gasteiger partial charge is 0.179 e. The number of ether oxygens (including phenoxy) is 1. The molecule has 2 aliphatic heterocycles. The second-order valence-corrected chi connectivity index (χ2v) is 8.37. The van der Waals surface area contributed by atoms with Crippen molar-refractivity contribution in [1.82, 2.24) is 0 Å². The highest BCUT2D eigenvalue weighted by Crippen LogP contribution is 2.51. The Morgan fingerprint density at radius 2 is 2.00 bits per heavy atom. The van der Waals surface area contributed by atoms with E-state index in [0.717, 1.165) is 24.8 Å². The standard InChI is InChI=1S/C15H19NO3S/c16-15(7-8-19-14(15)10-5-6-10)12-9-20(17,18)13-4-2-1-3-11(12)13/h1-4,10,12,14H,5-9,16H2. The van der Waals surface area contributed by atoms with Crippen LogP contribution in [0.2, 0.25) is 0 Å². The van der Waals surface area contributed by atoms with E-state index in [4.69, 9.17) is 10.5 Å². The minimum atomic E-state index is -3.19. The molecular weight excluding hydrogens is 274 g/mol. The summed E-state index contributed by atoms with van der Waals surface area (Å²) < 4.78 is 30.6. The van der Waals surface area contributed by atoms with Gasteiger partial charge in [0.25, 0.3) is 0 Å². The summed E-state index contributed by atoms with van der Waals surface area (Å²) >= 11 is 0. The van der Waals surface area contributed by atoms with Crippen LogP contribution in [-0.2, 0) is 14.6 Å². The maximum atomic E-state index is 12.4. The van der Waals surface area contributed by atoms with Crippen LogP contribution in [0.4, 0.5) is 0 Å². The van der Waals surface area contributed by atoms with Gasteiger partial charge in [-0.2, -0.15) is 0 Å². The number of nitrogens with two attached hydrogens (primary N) is 1. The predicted octanol–water partition coefficient (Wildman–Crippen LogP) is 1.45. The number of hydrogen-bond donors (Lipinski definition) is 1. The number of benzene rings is 1. The maximum absolute atomic E-state index is 12.4. The molecule has 108 valence electrons. The first kappa shape index (κ1) is 12.8. The molecular formula is C15H19NO3S. The zero-order chi connectivity index (χ0) is 14.0. The molecule has 2 fully saturated rings. The van der Waals surface area contributed by atoms with E-state index < -0.39 is 15.4 Å². The fraction of sp³-hybridized carbons (Fsp3) is 0.600. The SMILES string of the molecule is NC1(C2CS(=O)(=O)c3ccccc32)CCOC1C1CC1. The Kier molecular flexibility index (Phi) is 2.60. The highest BCUT2D eigenvalue weighted by atomic mass is 32.2. The average molecular weight is 293 g/mol. The van der Waals surface area contributed by atoms with Gasteiger partial charge in [0.1, 0.15) is 0 Å². The molecule has 0 bridgehead atoms. The van der Waals surface area contributed by atoms with Crippen LogP contribution in [0.25, 0.3) is 0 Å². The lowest BCUT2D eigenvalue weighted by molar-refractivity contribution is 0.0565. The molecule has 3 atom stereocenters. The molecule has 4 rings (SSSR count). The van der Waals surface area contributed by atoms with Crippen molar-refractivity contribution < 1.29 is 13.2 Å². The fourth-order valence-corrected chi connectivity index (χ4v) is 5.87. The Balaban J connectivity index is 1.80. The molecule has 0 amide bonds. The molecule has 0 spiro atoms. The van der Waals surface area contributed by atoms with E-state index >= 15 is 0 Å². The number of hydrogen-bond acceptors (Lipinski definition) is 4. The van der Waals surface area contributed by atoms with E-state index in [0.29, 0.717) is 17.4 Å². The van der Waals surface area contributed by atoms with E-state index in [1.807, 2.05) is 12.1 Å². The van der Waals surface area contributed by atoms with Crippen LogP contribution >= 0.6 is 0 Å². The minimum Gasteiger partial charge on any atom is -0.376 e. The maximum Gasteiger partial charge on any atom is 0.179 e. The van der Waals surface area contributed by atoms with Crippen molar-refractivity contribution in [2.24, 2.45) is 11.7 Å². The van der Waals surface area contributed by atoms with Gasteiger partial charge in [-0.3, -0.25) is 0 Å². The van der Waals surface area contributed by atoms with Gasteiger partial charge in [0.05, 0.1) is 22.3 Å². The van der Waals surface area contributed by atoms with Crippen molar-refractivity contribution in [3.63, 3.8) is 0 Å². The van der Waals surface area contributed by atoms with Gasteiger partial charge in [-0.25, -0.2) is 8.42 Å². The number of sulfone groups is 1. The summed E-state index contributed by atoms with van der Waals surface area (Å²) in [4.78, 5) is 0.469. The lowest BCUT2D eigenvalue weighted by atomic mass is 9.75. The normalized spacial score (nSPS) is 38.9. The summed E-state index contributed by atoms with van der Waals surface area (Å²) in [7, 11) is -3.19.